The second kappa shape index (κ2) is 5.92. The van der Waals surface area contributed by atoms with Crippen LogP contribution in [0.1, 0.15) is 24.8 Å². The molecule has 3 heteroatoms. The molecule has 0 aliphatic heterocycles. The van der Waals surface area contributed by atoms with Gasteiger partial charge in [-0.05, 0) is 49.8 Å². The molecule has 0 bridgehead atoms. The van der Waals surface area contributed by atoms with Crippen LogP contribution in [0.5, 0.6) is 0 Å². The Bertz CT molecular complexity index is 361. The molecule has 1 aromatic rings. The third-order valence-corrected chi connectivity index (χ3v) is 3.04. The number of aryl methyl sites for hydroxylation is 1. The van der Waals surface area contributed by atoms with Crippen molar-refractivity contribution in [3.05, 3.63) is 23.8 Å². The van der Waals surface area contributed by atoms with Crippen molar-refractivity contribution in [3.63, 3.8) is 0 Å². The van der Waals surface area contributed by atoms with Crippen molar-refractivity contribution >= 4 is 11.4 Å². The van der Waals surface area contributed by atoms with Crippen LogP contribution >= 0.6 is 0 Å². The van der Waals surface area contributed by atoms with Crippen LogP contribution in [0.25, 0.3) is 0 Å². The Morgan fingerprint density at radius 2 is 2.24 bits per heavy atom. The summed E-state index contributed by atoms with van der Waals surface area (Å²) in [4.78, 5) is 0. The number of hydrogen-bond donors (Lipinski definition) is 2. The zero-order valence-electron chi connectivity index (χ0n) is 10.5. The van der Waals surface area contributed by atoms with Gasteiger partial charge in [0.1, 0.15) is 0 Å². The molecular formula is C14H22N2O. The van der Waals surface area contributed by atoms with Gasteiger partial charge in [-0.3, -0.25) is 0 Å². The van der Waals surface area contributed by atoms with Crippen LogP contribution in [0.4, 0.5) is 11.4 Å². The van der Waals surface area contributed by atoms with Gasteiger partial charge in [-0.25, -0.2) is 0 Å². The molecule has 3 nitrogen and oxygen atoms in total. The van der Waals surface area contributed by atoms with Crippen molar-refractivity contribution in [2.45, 2.75) is 26.2 Å². The van der Waals surface area contributed by atoms with Gasteiger partial charge in [-0.2, -0.15) is 0 Å². The molecule has 0 unspecified atom stereocenters. The molecule has 0 aromatic heterocycles. The Morgan fingerprint density at radius 3 is 3.00 bits per heavy atom. The molecule has 3 N–H and O–H groups in total. The maximum absolute atomic E-state index is 5.88. The van der Waals surface area contributed by atoms with Gasteiger partial charge in [0.05, 0.1) is 11.4 Å². The van der Waals surface area contributed by atoms with Crippen molar-refractivity contribution in [2.75, 3.05) is 30.8 Å². The van der Waals surface area contributed by atoms with Crippen LogP contribution < -0.4 is 11.1 Å². The van der Waals surface area contributed by atoms with Gasteiger partial charge >= 0.3 is 0 Å². The highest BCUT2D eigenvalue weighted by Gasteiger charge is 2.20. The topological polar surface area (TPSA) is 47.3 Å². The van der Waals surface area contributed by atoms with E-state index in [1.807, 2.05) is 12.1 Å². The highest BCUT2D eigenvalue weighted by Crippen LogP contribution is 2.28. The molecule has 0 heterocycles. The van der Waals surface area contributed by atoms with Crippen LogP contribution in [-0.2, 0) is 4.74 Å². The first kappa shape index (κ1) is 12.2. The van der Waals surface area contributed by atoms with Gasteiger partial charge in [-0.1, -0.05) is 6.07 Å². The maximum atomic E-state index is 5.88. The zero-order valence-corrected chi connectivity index (χ0v) is 10.5. The molecule has 1 aromatic carbocycles. The van der Waals surface area contributed by atoms with Gasteiger partial charge in [0, 0.05) is 19.8 Å². The molecule has 1 fully saturated rings. The Hall–Kier alpha value is -1.22. The van der Waals surface area contributed by atoms with Gasteiger partial charge in [-0.15, -0.1) is 0 Å². The summed E-state index contributed by atoms with van der Waals surface area (Å²) in [6.07, 6.45) is 3.75. The molecule has 1 aliphatic rings. The predicted molar refractivity (Wildman–Crippen MR) is 72.2 cm³/mol. The smallest absolute Gasteiger partial charge is 0.0576 e. The normalized spacial score (nSPS) is 14.9. The van der Waals surface area contributed by atoms with Crippen molar-refractivity contribution in [3.8, 4) is 0 Å². The SMILES string of the molecule is Cc1ccc(N)c(NCCCOCC2CC2)c1. The molecular weight excluding hydrogens is 212 g/mol. The number of nitrogens with one attached hydrogen (secondary N) is 1. The van der Waals surface area contributed by atoms with Crippen LogP contribution in [0.3, 0.4) is 0 Å². The standard InChI is InChI=1S/C14H22N2O/c1-11-3-6-13(15)14(9-11)16-7-2-8-17-10-12-4-5-12/h3,6,9,12,16H,2,4-5,7-8,10,15H2,1H3. The molecule has 1 saturated carbocycles. The molecule has 1 aliphatic carbocycles. The first-order valence-electron chi connectivity index (χ1n) is 6.43. The van der Waals surface area contributed by atoms with E-state index >= 15 is 0 Å². The number of ether oxygens (including phenoxy) is 1. The van der Waals surface area contributed by atoms with Crippen LogP contribution in [0.15, 0.2) is 18.2 Å². The lowest BCUT2D eigenvalue weighted by Crippen LogP contribution is -2.08. The Balaban J connectivity index is 1.61. The molecule has 0 saturated heterocycles. The van der Waals surface area contributed by atoms with Crippen LogP contribution in [0, 0.1) is 12.8 Å². The highest BCUT2D eigenvalue weighted by atomic mass is 16.5. The number of nitrogen functional groups attached to an aromatic ring is 1. The van der Waals surface area contributed by atoms with Crippen molar-refractivity contribution < 1.29 is 4.74 Å². The summed E-state index contributed by atoms with van der Waals surface area (Å²) in [5, 5.41) is 3.35. The maximum Gasteiger partial charge on any atom is 0.0576 e. The first-order valence-corrected chi connectivity index (χ1v) is 6.43. The van der Waals surface area contributed by atoms with E-state index < -0.39 is 0 Å². The molecule has 0 atom stereocenters. The second-order valence-electron chi connectivity index (χ2n) is 4.89. The van der Waals surface area contributed by atoms with E-state index in [1.165, 1.54) is 18.4 Å². The highest BCUT2D eigenvalue weighted by molar-refractivity contribution is 5.66. The van der Waals surface area contributed by atoms with Crippen molar-refractivity contribution in [1.82, 2.24) is 0 Å². The second-order valence-corrected chi connectivity index (χ2v) is 4.89. The van der Waals surface area contributed by atoms with E-state index in [4.69, 9.17) is 10.5 Å². The van der Waals surface area contributed by atoms with Crippen molar-refractivity contribution in [2.24, 2.45) is 5.92 Å². The van der Waals surface area contributed by atoms with E-state index in [-0.39, 0.29) is 0 Å². The average Bonchev–Trinajstić information content (AvgIpc) is 3.11. The molecule has 2 rings (SSSR count). The van der Waals surface area contributed by atoms with Crippen molar-refractivity contribution in [1.29, 1.82) is 0 Å². The third kappa shape index (κ3) is 4.27. The molecule has 17 heavy (non-hydrogen) atoms. The zero-order chi connectivity index (χ0) is 12.1. The lowest BCUT2D eigenvalue weighted by molar-refractivity contribution is 0.124. The molecule has 0 radical (unpaired) electrons. The summed E-state index contributed by atoms with van der Waals surface area (Å²) in [6.45, 7) is 4.78. The number of rotatable bonds is 7. The summed E-state index contributed by atoms with van der Waals surface area (Å²) in [5.41, 5.74) is 8.96. The summed E-state index contributed by atoms with van der Waals surface area (Å²) >= 11 is 0. The van der Waals surface area contributed by atoms with E-state index in [9.17, 15) is 0 Å². The summed E-state index contributed by atoms with van der Waals surface area (Å²) in [6, 6.07) is 6.06. The Labute approximate surface area is 103 Å². The van der Waals surface area contributed by atoms with E-state index in [2.05, 4.69) is 18.3 Å². The minimum Gasteiger partial charge on any atom is -0.397 e. The third-order valence-electron chi connectivity index (χ3n) is 3.04. The van der Waals surface area contributed by atoms with Gasteiger partial charge in [0.15, 0.2) is 0 Å². The number of nitrogens with two attached hydrogens (primary N) is 1. The van der Waals surface area contributed by atoms with Gasteiger partial charge in [0.2, 0.25) is 0 Å². The van der Waals surface area contributed by atoms with Crippen LogP contribution in [-0.4, -0.2) is 19.8 Å². The number of anilines is 2. The van der Waals surface area contributed by atoms with E-state index in [0.717, 1.165) is 43.5 Å². The fraction of sp³-hybridized carbons (Fsp3) is 0.571. The van der Waals surface area contributed by atoms with Crippen LogP contribution in [0.2, 0.25) is 0 Å². The Kier molecular flexibility index (Phi) is 4.26. The fourth-order valence-electron chi connectivity index (χ4n) is 1.76. The van der Waals surface area contributed by atoms with Gasteiger partial charge < -0.3 is 15.8 Å². The monoisotopic (exact) mass is 234 g/mol. The minimum atomic E-state index is 0.814. The van der Waals surface area contributed by atoms with E-state index in [0.29, 0.717) is 0 Å². The van der Waals surface area contributed by atoms with Gasteiger partial charge in [0.25, 0.3) is 0 Å². The predicted octanol–water partition coefficient (Wildman–Crippen LogP) is 2.81. The van der Waals surface area contributed by atoms with E-state index in [1.54, 1.807) is 0 Å². The summed E-state index contributed by atoms with van der Waals surface area (Å²) in [5.74, 6) is 0.857. The lowest BCUT2D eigenvalue weighted by atomic mass is 10.2. The quantitative estimate of drug-likeness (QED) is 0.563. The number of benzene rings is 1. The summed E-state index contributed by atoms with van der Waals surface area (Å²) in [7, 11) is 0. The molecule has 0 spiro atoms. The fourth-order valence-corrected chi connectivity index (χ4v) is 1.76. The minimum absolute atomic E-state index is 0.814. The molecule has 94 valence electrons. The largest absolute Gasteiger partial charge is 0.397 e. The number of hydrogen-bond acceptors (Lipinski definition) is 3. The molecule has 0 amide bonds. The summed E-state index contributed by atoms with van der Waals surface area (Å²) < 4.78 is 5.58. The average molecular weight is 234 g/mol. The Morgan fingerprint density at radius 1 is 1.41 bits per heavy atom. The first-order chi connectivity index (χ1) is 8.25. The lowest BCUT2D eigenvalue weighted by Gasteiger charge is -2.10.